The van der Waals surface area contributed by atoms with Gasteiger partial charge in [0.15, 0.2) is 0 Å². The minimum absolute atomic E-state index is 0.171. The second-order valence-electron chi connectivity index (χ2n) is 6.16. The van der Waals surface area contributed by atoms with Crippen molar-refractivity contribution >= 4 is 11.6 Å². The number of nitrogens with two attached hydrogens (primary N) is 1. The Labute approximate surface area is 135 Å². The Hall–Kier alpha value is -2.36. The Balaban J connectivity index is 1.57. The van der Waals surface area contributed by atoms with E-state index in [1.807, 2.05) is 12.1 Å². The Morgan fingerprint density at radius 2 is 1.74 bits per heavy atom. The van der Waals surface area contributed by atoms with E-state index < -0.39 is 5.82 Å². The summed E-state index contributed by atoms with van der Waals surface area (Å²) in [4.78, 5) is 14.2. The normalized spacial score (nSPS) is 15.6. The van der Waals surface area contributed by atoms with Crippen LogP contribution in [0.5, 0.6) is 0 Å². The van der Waals surface area contributed by atoms with Gasteiger partial charge >= 0.3 is 0 Å². The van der Waals surface area contributed by atoms with Crippen molar-refractivity contribution in [2.45, 2.75) is 19.3 Å². The van der Waals surface area contributed by atoms with Crippen LogP contribution in [0.2, 0.25) is 0 Å². The lowest BCUT2D eigenvalue weighted by atomic mass is 9.90. The molecule has 120 valence electrons. The summed E-state index contributed by atoms with van der Waals surface area (Å²) in [6.45, 7) is 1.37. The zero-order valence-electron chi connectivity index (χ0n) is 13.0. The Kier molecular flexibility index (Phi) is 4.60. The van der Waals surface area contributed by atoms with Crippen LogP contribution in [0.3, 0.4) is 0 Å². The summed E-state index contributed by atoms with van der Waals surface area (Å²) < 4.78 is 13.7. The van der Waals surface area contributed by atoms with Crippen molar-refractivity contribution in [1.82, 2.24) is 4.90 Å². The quantitative estimate of drug-likeness (QED) is 0.882. The molecule has 2 N–H and O–H groups in total. The van der Waals surface area contributed by atoms with Gasteiger partial charge in [-0.05, 0) is 55.0 Å². The second-order valence-corrected chi connectivity index (χ2v) is 6.16. The summed E-state index contributed by atoms with van der Waals surface area (Å²) >= 11 is 0. The topological polar surface area (TPSA) is 46.3 Å². The van der Waals surface area contributed by atoms with Crippen LogP contribution in [0.4, 0.5) is 10.1 Å². The molecule has 1 heterocycles. The average molecular weight is 312 g/mol. The van der Waals surface area contributed by atoms with Crippen LogP contribution in [0.25, 0.3) is 0 Å². The molecule has 0 bridgehead atoms. The third-order valence-corrected chi connectivity index (χ3v) is 4.51. The van der Waals surface area contributed by atoms with Crippen LogP contribution >= 0.6 is 0 Å². The fourth-order valence-corrected chi connectivity index (χ4v) is 3.13. The molecule has 3 rings (SSSR count). The molecule has 1 fully saturated rings. The number of carbonyl (C=O) groups excluding carboxylic acids is 1. The molecule has 0 saturated carbocycles. The molecule has 0 unspecified atom stereocenters. The van der Waals surface area contributed by atoms with Crippen molar-refractivity contribution in [3.63, 3.8) is 0 Å². The molecule has 1 aliphatic heterocycles. The van der Waals surface area contributed by atoms with Crippen LogP contribution < -0.4 is 5.73 Å². The van der Waals surface area contributed by atoms with Crippen LogP contribution in [-0.2, 0) is 6.42 Å². The van der Waals surface area contributed by atoms with Gasteiger partial charge in [-0.1, -0.05) is 24.3 Å². The number of rotatable bonds is 3. The molecule has 3 nitrogen and oxygen atoms in total. The van der Waals surface area contributed by atoms with E-state index >= 15 is 0 Å². The van der Waals surface area contributed by atoms with Gasteiger partial charge in [-0.3, -0.25) is 4.79 Å². The number of halogens is 1. The van der Waals surface area contributed by atoms with Crippen LogP contribution in [0.1, 0.15) is 28.8 Å². The number of hydrogen-bond acceptors (Lipinski definition) is 2. The number of benzene rings is 2. The van der Waals surface area contributed by atoms with Crippen molar-refractivity contribution < 1.29 is 9.18 Å². The maximum absolute atomic E-state index is 13.7. The van der Waals surface area contributed by atoms with E-state index in [0.29, 0.717) is 19.0 Å². The van der Waals surface area contributed by atoms with Gasteiger partial charge in [0.2, 0.25) is 0 Å². The van der Waals surface area contributed by atoms with Gasteiger partial charge in [0, 0.05) is 18.8 Å². The molecular weight excluding hydrogens is 291 g/mol. The first-order chi connectivity index (χ1) is 11.1. The van der Waals surface area contributed by atoms with E-state index in [0.717, 1.165) is 24.9 Å². The number of likely N-dealkylation sites (tertiary alicyclic amines) is 1. The van der Waals surface area contributed by atoms with Gasteiger partial charge in [-0.2, -0.15) is 0 Å². The van der Waals surface area contributed by atoms with Crippen molar-refractivity contribution in [3.05, 3.63) is 65.5 Å². The maximum Gasteiger partial charge on any atom is 0.256 e. The second kappa shape index (κ2) is 6.82. The van der Waals surface area contributed by atoms with Crippen molar-refractivity contribution in [3.8, 4) is 0 Å². The van der Waals surface area contributed by atoms with Gasteiger partial charge in [0.1, 0.15) is 5.82 Å². The van der Waals surface area contributed by atoms with E-state index in [4.69, 9.17) is 5.73 Å². The highest BCUT2D eigenvalue weighted by atomic mass is 19.1. The van der Waals surface area contributed by atoms with Crippen LogP contribution in [0.15, 0.2) is 48.5 Å². The lowest BCUT2D eigenvalue weighted by Crippen LogP contribution is -2.39. The van der Waals surface area contributed by atoms with Gasteiger partial charge in [0.05, 0.1) is 5.56 Å². The fraction of sp³-hybridized carbons (Fsp3) is 0.316. The standard InChI is InChI=1S/C19H21FN2O/c20-18-4-2-1-3-17(18)19(23)22-11-9-15(10-12-22)13-14-5-7-16(21)8-6-14/h1-8,15H,9-13,21H2. The summed E-state index contributed by atoms with van der Waals surface area (Å²) in [5.74, 6) is -0.0844. The van der Waals surface area contributed by atoms with Gasteiger partial charge in [-0.15, -0.1) is 0 Å². The third kappa shape index (κ3) is 3.70. The molecule has 0 radical (unpaired) electrons. The summed E-state index contributed by atoms with van der Waals surface area (Å²) in [5.41, 5.74) is 7.93. The Morgan fingerprint density at radius 1 is 1.09 bits per heavy atom. The smallest absolute Gasteiger partial charge is 0.256 e. The van der Waals surface area contributed by atoms with Crippen molar-refractivity contribution in [2.24, 2.45) is 5.92 Å². The number of carbonyl (C=O) groups is 1. The van der Waals surface area contributed by atoms with E-state index in [-0.39, 0.29) is 11.5 Å². The molecule has 0 spiro atoms. The Bertz CT molecular complexity index is 676. The van der Waals surface area contributed by atoms with E-state index in [1.54, 1.807) is 23.1 Å². The van der Waals surface area contributed by atoms with Crippen LogP contribution in [0, 0.1) is 11.7 Å². The number of nitrogen functional groups attached to an aromatic ring is 1. The lowest BCUT2D eigenvalue weighted by Gasteiger charge is -2.32. The van der Waals surface area contributed by atoms with E-state index in [2.05, 4.69) is 12.1 Å². The van der Waals surface area contributed by atoms with Crippen molar-refractivity contribution in [2.75, 3.05) is 18.8 Å². The van der Waals surface area contributed by atoms with E-state index in [1.165, 1.54) is 11.6 Å². The first kappa shape index (κ1) is 15.5. The SMILES string of the molecule is Nc1ccc(CC2CCN(C(=O)c3ccccc3F)CC2)cc1. The highest BCUT2D eigenvalue weighted by Crippen LogP contribution is 2.23. The monoisotopic (exact) mass is 312 g/mol. The molecule has 23 heavy (non-hydrogen) atoms. The number of amides is 1. The molecule has 1 saturated heterocycles. The molecule has 0 atom stereocenters. The van der Waals surface area contributed by atoms with Gasteiger partial charge in [0.25, 0.3) is 5.91 Å². The molecule has 0 aliphatic carbocycles. The molecule has 1 amide bonds. The van der Waals surface area contributed by atoms with Crippen LogP contribution in [-0.4, -0.2) is 23.9 Å². The molecule has 2 aromatic rings. The number of hydrogen-bond donors (Lipinski definition) is 1. The summed E-state index contributed by atoms with van der Waals surface area (Å²) in [7, 11) is 0. The van der Waals surface area contributed by atoms with E-state index in [9.17, 15) is 9.18 Å². The maximum atomic E-state index is 13.7. The zero-order chi connectivity index (χ0) is 16.2. The highest BCUT2D eigenvalue weighted by Gasteiger charge is 2.25. The summed E-state index contributed by atoms with van der Waals surface area (Å²) in [6, 6.07) is 14.2. The van der Waals surface area contributed by atoms with Gasteiger partial charge < -0.3 is 10.6 Å². The molecular formula is C19H21FN2O. The zero-order valence-corrected chi connectivity index (χ0v) is 13.0. The minimum atomic E-state index is -0.443. The lowest BCUT2D eigenvalue weighted by molar-refractivity contribution is 0.0686. The Morgan fingerprint density at radius 3 is 2.39 bits per heavy atom. The largest absolute Gasteiger partial charge is 0.399 e. The first-order valence-electron chi connectivity index (χ1n) is 8.01. The molecule has 0 aromatic heterocycles. The van der Waals surface area contributed by atoms with Crippen molar-refractivity contribution in [1.29, 1.82) is 0 Å². The molecule has 1 aliphatic rings. The fourth-order valence-electron chi connectivity index (χ4n) is 3.13. The molecule has 2 aromatic carbocycles. The summed E-state index contributed by atoms with van der Waals surface area (Å²) in [5, 5.41) is 0. The first-order valence-corrected chi connectivity index (χ1v) is 8.01. The number of piperidine rings is 1. The third-order valence-electron chi connectivity index (χ3n) is 4.51. The predicted octanol–water partition coefficient (Wildman–Crippen LogP) is 3.50. The summed E-state index contributed by atoms with van der Waals surface area (Å²) in [6.07, 6.45) is 2.90. The molecule has 4 heteroatoms. The highest BCUT2D eigenvalue weighted by molar-refractivity contribution is 5.94. The number of anilines is 1. The van der Waals surface area contributed by atoms with Gasteiger partial charge in [-0.25, -0.2) is 4.39 Å². The average Bonchev–Trinajstić information content (AvgIpc) is 2.57. The number of nitrogens with zero attached hydrogens (tertiary/aromatic N) is 1. The predicted molar refractivity (Wildman–Crippen MR) is 89.6 cm³/mol. The minimum Gasteiger partial charge on any atom is -0.399 e.